The van der Waals surface area contributed by atoms with Crippen molar-refractivity contribution in [2.45, 2.75) is 24.5 Å². The summed E-state index contributed by atoms with van der Waals surface area (Å²) in [4.78, 5) is 24.7. The number of halogens is 2. The molecule has 1 aliphatic rings. The van der Waals surface area contributed by atoms with Gasteiger partial charge in [-0.05, 0) is 15.9 Å². The van der Waals surface area contributed by atoms with Crippen molar-refractivity contribution in [1.29, 1.82) is 0 Å². The normalized spacial score (nSPS) is 31.8. The lowest BCUT2D eigenvalue weighted by Gasteiger charge is -2.17. The number of ether oxygens (including phenoxy) is 1. The summed E-state index contributed by atoms with van der Waals surface area (Å²) in [7, 11) is 0. The van der Waals surface area contributed by atoms with Gasteiger partial charge in [0.15, 0.2) is 6.23 Å². The highest BCUT2D eigenvalue weighted by atomic mass is 79.9. The molecular weight excluding hydrogens is 315 g/mol. The molecule has 7 nitrogen and oxygen atoms in total. The van der Waals surface area contributed by atoms with Gasteiger partial charge in [0.1, 0.15) is 25.0 Å². The molecule has 0 saturated carbocycles. The van der Waals surface area contributed by atoms with Crippen LogP contribution in [0, 0.1) is 0 Å². The van der Waals surface area contributed by atoms with Gasteiger partial charge in [0.05, 0.1) is 4.47 Å². The molecule has 0 aromatic carbocycles. The molecule has 3 N–H and O–H groups in total. The van der Waals surface area contributed by atoms with Gasteiger partial charge in [-0.1, -0.05) is 0 Å². The summed E-state index contributed by atoms with van der Waals surface area (Å²) in [6, 6.07) is 0. The predicted octanol–water partition coefficient (Wildman–Crippen LogP) is -1.11. The van der Waals surface area contributed by atoms with E-state index in [-0.39, 0.29) is 4.47 Å². The third-order valence-corrected chi connectivity index (χ3v) is 3.25. The highest BCUT2D eigenvalue weighted by molar-refractivity contribution is 9.10. The van der Waals surface area contributed by atoms with E-state index in [4.69, 9.17) is 4.74 Å². The van der Waals surface area contributed by atoms with Gasteiger partial charge in [-0.3, -0.25) is 14.3 Å². The first-order valence-electron chi connectivity index (χ1n) is 5.04. The number of rotatable bonds is 2. The van der Waals surface area contributed by atoms with Gasteiger partial charge in [-0.15, -0.1) is 0 Å². The number of aliphatic hydroxyl groups is 2. The van der Waals surface area contributed by atoms with Crippen LogP contribution < -0.4 is 11.2 Å². The van der Waals surface area contributed by atoms with Gasteiger partial charge >= 0.3 is 5.69 Å². The van der Waals surface area contributed by atoms with Crippen LogP contribution in [0.5, 0.6) is 0 Å². The van der Waals surface area contributed by atoms with Crippen molar-refractivity contribution >= 4 is 15.9 Å². The number of H-pyrrole nitrogens is 1. The minimum absolute atomic E-state index is 0.0519. The first-order chi connectivity index (χ1) is 8.45. The van der Waals surface area contributed by atoms with E-state index in [1.54, 1.807) is 0 Å². The van der Waals surface area contributed by atoms with Gasteiger partial charge in [0.2, 0.25) is 0 Å². The molecule has 0 bridgehead atoms. The summed E-state index contributed by atoms with van der Waals surface area (Å²) in [6.45, 7) is -0.992. The average Bonchev–Trinajstić information content (AvgIpc) is 2.61. The fourth-order valence-electron chi connectivity index (χ4n) is 1.74. The number of aromatic nitrogens is 2. The zero-order valence-electron chi connectivity index (χ0n) is 8.92. The van der Waals surface area contributed by atoms with Crippen molar-refractivity contribution in [3.05, 3.63) is 31.5 Å². The highest BCUT2D eigenvalue weighted by Crippen LogP contribution is 2.28. The van der Waals surface area contributed by atoms with Gasteiger partial charge in [0.25, 0.3) is 5.56 Å². The fraction of sp³-hybridized carbons (Fsp3) is 0.556. The van der Waals surface area contributed by atoms with Crippen LogP contribution in [0.4, 0.5) is 4.39 Å². The molecule has 9 heteroatoms. The van der Waals surface area contributed by atoms with E-state index in [1.165, 1.54) is 0 Å². The average molecular weight is 325 g/mol. The third-order valence-electron chi connectivity index (χ3n) is 2.69. The third kappa shape index (κ3) is 2.14. The minimum Gasteiger partial charge on any atom is -0.387 e. The standard InChI is InChI=1S/C9H10BrFN2O5/c10-3-2-13(9(17)12-7(3)16)8-6(15)5(14)4(1-11)18-8/h2,4-6,8,14-15H,1H2,(H,12,16,17)/t4-,5+,6-,8-/m0/s1. The molecule has 0 amide bonds. The molecule has 1 aromatic rings. The second-order valence-electron chi connectivity index (χ2n) is 3.84. The SMILES string of the molecule is O=c1[nH]c(=O)n([C@H]2O[C@@H](CF)[C@@H](O)[C@@H]2O)cc1Br. The molecule has 100 valence electrons. The number of alkyl halides is 1. The molecule has 0 radical (unpaired) electrons. The first kappa shape index (κ1) is 13.4. The number of aliphatic hydroxyl groups excluding tert-OH is 2. The smallest absolute Gasteiger partial charge is 0.330 e. The molecule has 1 saturated heterocycles. The van der Waals surface area contributed by atoms with E-state index in [2.05, 4.69) is 15.9 Å². The lowest BCUT2D eigenvalue weighted by molar-refractivity contribution is -0.0456. The molecule has 1 aliphatic heterocycles. The Kier molecular flexibility index (Phi) is 3.66. The Morgan fingerprint density at radius 2 is 2.11 bits per heavy atom. The zero-order chi connectivity index (χ0) is 13.4. The lowest BCUT2D eigenvalue weighted by Crippen LogP contribution is -2.38. The Balaban J connectivity index is 2.42. The van der Waals surface area contributed by atoms with Crippen LogP contribution >= 0.6 is 15.9 Å². The predicted molar refractivity (Wildman–Crippen MR) is 60.9 cm³/mol. The van der Waals surface area contributed by atoms with Crippen molar-refractivity contribution in [3.63, 3.8) is 0 Å². The van der Waals surface area contributed by atoms with Crippen LogP contribution in [0.25, 0.3) is 0 Å². The topological polar surface area (TPSA) is 105 Å². The molecular formula is C9H10BrFN2O5. The van der Waals surface area contributed by atoms with E-state index >= 15 is 0 Å². The van der Waals surface area contributed by atoms with E-state index < -0.39 is 42.5 Å². The van der Waals surface area contributed by atoms with Crippen LogP contribution in [-0.2, 0) is 4.74 Å². The lowest BCUT2D eigenvalue weighted by atomic mass is 10.1. The zero-order valence-corrected chi connectivity index (χ0v) is 10.5. The van der Waals surface area contributed by atoms with Crippen molar-refractivity contribution < 1.29 is 19.3 Å². The van der Waals surface area contributed by atoms with Crippen LogP contribution in [-0.4, -0.2) is 44.8 Å². The Bertz CT molecular complexity index is 559. The number of nitrogens with zero attached hydrogens (tertiary/aromatic N) is 1. The Morgan fingerprint density at radius 1 is 1.44 bits per heavy atom. The minimum atomic E-state index is -1.46. The summed E-state index contributed by atoms with van der Waals surface area (Å²) in [6.07, 6.45) is -4.23. The maximum absolute atomic E-state index is 12.5. The summed E-state index contributed by atoms with van der Waals surface area (Å²) in [5, 5.41) is 19.2. The van der Waals surface area contributed by atoms with Crippen LogP contribution in [0.3, 0.4) is 0 Å². The summed E-state index contributed by atoms with van der Waals surface area (Å²) >= 11 is 2.92. The van der Waals surface area contributed by atoms with E-state index in [0.717, 1.165) is 10.8 Å². The number of hydrogen-bond acceptors (Lipinski definition) is 5. The van der Waals surface area contributed by atoms with Crippen LogP contribution in [0.1, 0.15) is 6.23 Å². The summed E-state index contributed by atoms with van der Waals surface area (Å²) in [5.74, 6) is 0. The largest absolute Gasteiger partial charge is 0.387 e. The quantitative estimate of drug-likeness (QED) is 0.639. The van der Waals surface area contributed by atoms with Crippen molar-refractivity contribution in [2.24, 2.45) is 0 Å². The van der Waals surface area contributed by atoms with Crippen LogP contribution in [0.15, 0.2) is 20.3 Å². The Hall–Kier alpha value is -1.03. The van der Waals surface area contributed by atoms with Gasteiger partial charge < -0.3 is 14.9 Å². The van der Waals surface area contributed by atoms with Gasteiger partial charge in [-0.25, -0.2) is 9.18 Å². The van der Waals surface area contributed by atoms with Crippen molar-refractivity contribution in [1.82, 2.24) is 9.55 Å². The van der Waals surface area contributed by atoms with E-state index in [0.29, 0.717) is 0 Å². The maximum atomic E-state index is 12.5. The summed E-state index contributed by atoms with van der Waals surface area (Å²) in [5.41, 5.74) is -1.45. The van der Waals surface area contributed by atoms with Crippen molar-refractivity contribution in [3.8, 4) is 0 Å². The molecule has 2 heterocycles. The van der Waals surface area contributed by atoms with E-state index in [9.17, 15) is 24.2 Å². The van der Waals surface area contributed by atoms with Crippen LogP contribution in [0.2, 0.25) is 0 Å². The monoisotopic (exact) mass is 324 g/mol. The molecule has 1 fully saturated rings. The highest BCUT2D eigenvalue weighted by Gasteiger charge is 2.44. The second kappa shape index (κ2) is 4.92. The number of hydrogen-bond donors (Lipinski definition) is 3. The van der Waals surface area contributed by atoms with Crippen molar-refractivity contribution in [2.75, 3.05) is 6.67 Å². The Morgan fingerprint density at radius 3 is 2.67 bits per heavy atom. The molecule has 0 unspecified atom stereocenters. The molecule has 0 aliphatic carbocycles. The fourth-order valence-corrected chi connectivity index (χ4v) is 2.06. The molecule has 1 aromatic heterocycles. The second-order valence-corrected chi connectivity index (χ2v) is 4.70. The Labute approximate surface area is 108 Å². The number of aromatic amines is 1. The maximum Gasteiger partial charge on any atom is 0.330 e. The summed E-state index contributed by atoms with van der Waals surface area (Å²) < 4.78 is 18.5. The number of nitrogens with one attached hydrogen (secondary N) is 1. The molecule has 4 atom stereocenters. The molecule has 18 heavy (non-hydrogen) atoms. The van der Waals surface area contributed by atoms with Gasteiger partial charge in [-0.2, -0.15) is 0 Å². The molecule has 0 spiro atoms. The van der Waals surface area contributed by atoms with E-state index in [1.807, 2.05) is 4.98 Å². The van der Waals surface area contributed by atoms with Gasteiger partial charge in [0, 0.05) is 6.20 Å². The first-order valence-corrected chi connectivity index (χ1v) is 5.83. The molecule has 2 rings (SSSR count).